The van der Waals surface area contributed by atoms with Gasteiger partial charge in [-0.3, -0.25) is 0 Å². The van der Waals surface area contributed by atoms with E-state index in [1.165, 1.54) is 19.3 Å². The Labute approximate surface area is 293 Å². The molecule has 1 aliphatic heterocycles. The summed E-state index contributed by atoms with van der Waals surface area (Å²) in [6.45, 7) is 0.484. The van der Waals surface area contributed by atoms with Crippen molar-refractivity contribution in [3.8, 4) is 11.1 Å². The van der Waals surface area contributed by atoms with Gasteiger partial charge in [0.05, 0.1) is 18.8 Å². The molecule has 5 aliphatic rings. The van der Waals surface area contributed by atoms with Gasteiger partial charge in [-0.2, -0.15) is 0 Å². The third-order valence-electron chi connectivity index (χ3n) is 11.2. The molecule has 8 nitrogen and oxygen atoms in total. The Bertz CT molecular complexity index is 1720. The van der Waals surface area contributed by atoms with Gasteiger partial charge in [-0.05, 0) is 84.1 Å². The lowest BCUT2D eigenvalue weighted by atomic mass is 9.53. The second-order valence-electron chi connectivity index (χ2n) is 14.8. The maximum atomic E-state index is 13.2. The second kappa shape index (κ2) is 13.9. The van der Waals surface area contributed by atoms with Gasteiger partial charge in [-0.25, -0.2) is 9.78 Å². The number of aliphatic hydroxyl groups excluding tert-OH is 1. The van der Waals surface area contributed by atoms with Crippen LogP contribution in [-0.2, 0) is 29.7 Å². The number of nitrogens with zero attached hydrogens (tertiary/aromatic N) is 2. The van der Waals surface area contributed by atoms with Gasteiger partial charge >= 0.3 is 6.03 Å². The number of aryl methyl sites for hydroxylation is 1. The first-order valence-electron chi connectivity index (χ1n) is 17.8. The lowest BCUT2D eigenvalue weighted by molar-refractivity contribution is -0.245. The van der Waals surface area contributed by atoms with E-state index in [0.717, 1.165) is 87.7 Å². The average molecular weight is 679 g/mol. The molecule has 4 aromatic rings. The molecule has 256 valence electrons. The summed E-state index contributed by atoms with van der Waals surface area (Å²) >= 11 is 1.69. The Morgan fingerprint density at radius 2 is 1.61 bits per heavy atom. The van der Waals surface area contributed by atoms with E-state index in [0.29, 0.717) is 6.54 Å². The summed E-state index contributed by atoms with van der Waals surface area (Å²) in [5.74, 6) is 3.13. The zero-order chi connectivity index (χ0) is 33.4. The smallest absolute Gasteiger partial charge is 0.315 e. The molecule has 9 heteroatoms. The van der Waals surface area contributed by atoms with Crippen LogP contribution in [0.3, 0.4) is 0 Å². The van der Waals surface area contributed by atoms with Crippen molar-refractivity contribution in [2.75, 3.05) is 5.75 Å². The highest BCUT2D eigenvalue weighted by molar-refractivity contribution is 7.99. The summed E-state index contributed by atoms with van der Waals surface area (Å²) in [6.07, 6.45) is 11.3. The minimum Gasteiger partial charge on any atom is -0.392 e. The first kappa shape index (κ1) is 32.6. The Kier molecular flexibility index (Phi) is 9.27. The van der Waals surface area contributed by atoms with E-state index in [1.54, 1.807) is 11.8 Å². The number of imidazole rings is 1. The predicted molar refractivity (Wildman–Crippen MR) is 191 cm³/mol. The fourth-order valence-electron chi connectivity index (χ4n) is 9.18. The summed E-state index contributed by atoms with van der Waals surface area (Å²) in [7, 11) is 2.00. The summed E-state index contributed by atoms with van der Waals surface area (Å²) in [5.41, 5.74) is 6.16. The molecule has 0 radical (unpaired) electrons. The van der Waals surface area contributed by atoms with E-state index in [-0.39, 0.29) is 30.4 Å². The summed E-state index contributed by atoms with van der Waals surface area (Å²) in [4.78, 5) is 17.7. The van der Waals surface area contributed by atoms with Gasteiger partial charge in [0.2, 0.25) is 0 Å². The number of aromatic nitrogens is 2. The molecule has 3 unspecified atom stereocenters. The molecule has 4 saturated carbocycles. The van der Waals surface area contributed by atoms with Crippen molar-refractivity contribution < 1.29 is 19.4 Å². The van der Waals surface area contributed by atoms with Crippen LogP contribution in [0.1, 0.15) is 79.6 Å². The van der Waals surface area contributed by atoms with Crippen molar-refractivity contribution in [2.45, 2.75) is 87.3 Å². The van der Waals surface area contributed by atoms with Crippen LogP contribution in [0.2, 0.25) is 0 Å². The van der Waals surface area contributed by atoms with Crippen LogP contribution in [0.15, 0.2) is 90.3 Å². The van der Waals surface area contributed by atoms with Crippen molar-refractivity contribution in [3.63, 3.8) is 0 Å². The van der Waals surface area contributed by atoms with Crippen LogP contribution < -0.4 is 10.6 Å². The molecule has 9 rings (SSSR count). The van der Waals surface area contributed by atoms with Gasteiger partial charge < -0.3 is 29.8 Å². The lowest BCUT2D eigenvalue weighted by Crippen LogP contribution is -2.61. The number of hydrogen-bond acceptors (Lipinski definition) is 6. The predicted octanol–water partition coefficient (Wildman–Crippen LogP) is 7.69. The van der Waals surface area contributed by atoms with E-state index < -0.39 is 6.29 Å². The SMILES string of the molecule is Cn1ccnc1SCC1CC(c2ccc(CO)cc2)OC(c2ccc(-c3ccccc3CNC(=O)NC34CC5CC(CC(C5)C3)C4)cc2)O1. The quantitative estimate of drug-likeness (QED) is 0.149. The number of carbonyl (C=O) groups is 1. The third kappa shape index (κ3) is 7.17. The van der Waals surface area contributed by atoms with Gasteiger partial charge in [0.1, 0.15) is 0 Å². The van der Waals surface area contributed by atoms with Crippen LogP contribution in [0.4, 0.5) is 4.79 Å². The van der Waals surface area contributed by atoms with Gasteiger partial charge in [-0.1, -0.05) is 84.6 Å². The Morgan fingerprint density at radius 1 is 0.918 bits per heavy atom. The lowest BCUT2D eigenvalue weighted by Gasteiger charge is -2.56. The van der Waals surface area contributed by atoms with Gasteiger partial charge in [0, 0.05) is 49.3 Å². The highest BCUT2D eigenvalue weighted by Gasteiger charge is 2.51. The van der Waals surface area contributed by atoms with Crippen molar-refractivity contribution in [2.24, 2.45) is 24.8 Å². The zero-order valence-corrected chi connectivity index (χ0v) is 28.9. The molecular weight excluding hydrogens is 633 g/mol. The number of hydrogen-bond donors (Lipinski definition) is 3. The number of nitrogens with one attached hydrogen (secondary N) is 2. The van der Waals surface area contributed by atoms with Crippen LogP contribution in [0, 0.1) is 17.8 Å². The monoisotopic (exact) mass is 678 g/mol. The number of thioether (sulfide) groups is 1. The minimum atomic E-state index is -0.525. The van der Waals surface area contributed by atoms with E-state index in [9.17, 15) is 9.90 Å². The molecule has 3 N–H and O–H groups in total. The minimum absolute atomic E-state index is 0.00470. The molecule has 1 saturated heterocycles. The number of rotatable bonds is 10. The van der Waals surface area contributed by atoms with E-state index in [2.05, 4.69) is 52.0 Å². The fraction of sp³-hybridized carbons (Fsp3) is 0.450. The molecule has 3 aromatic carbocycles. The molecule has 4 aliphatic carbocycles. The average Bonchev–Trinajstić information content (AvgIpc) is 3.53. The normalized spacial score (nSPS) is 28.8. The number of benzene rings is 3. The van der Waals surface area contributed by atoms with Crippen molar-refractivity contribution in [1.29, 1.82) is 0 Å². The molecule has 4 bridgehead atoms. The molecule has 0 spiro atoms. The molecule has 5 fully saturated rings. The van der Waals surface area contributed by atoms with E-state index in [4.69, 9.17) is 9.47 Å². The van der Waals surface area contributed by atoms with Crippen molar-refractivity contribution in [1.82, 2.24) is 20.2 Å². The number of ether oxygens (including phenoxy) is 2. The molecule has 3 atom stereocenters. The van der Waals surface area contributed by atoms with Crippen LogP contribution in [-0.4, -0.2) is 38.1 Å². The summed E-state index contributed by atoms with van der Waals surface area (Å²) in [6, 6.07) is 24.6. The Morgan fingerprint density at radius 3 is 2.29 bits per heavy atom. The van der Waals surface area contributed by atoms with Gasteiger partial charge in [0.15, 0.2) is 11.4 Å². The Hall–Kier alpha value is -3.63. The maximum Gasteiger partial charge on any atom is 0.315 e. The largest absolute Gasteiger partial charge is 0.392 e. The van der Waals surface area contributed by atoms with E-state index >= 15 is 0 Å². The molecule has 2 heterocycles. The van der Waals surface area contributed by atoms with Crippen LogP contribution >= 0.6 is 11.8 Å². The second-order valence-corrected chi connectivity index (χ2v) is 15.8. The van der Waals surface area contributed by atoms with E-state index in [1.807, 2.05) is 60.4 Å². The molecule has 49 heavy (non-hydrogen) atoms. The molecular formula is C40H46N4O4S. The highest BCUT2D eigenvalue weighted by atomic mass is 32.2. The number of aliphatic hydroxyl groups is 1. The topological polar surface area (TPSA) is 97.6 Å². The maximum absolute atomic E-state index is 13.2. The van der Waals surface area contributed by atoms with Crippen LogP contribution in [0.5, 0.6) is 0 Å². The third-order valence-corrected chi connectivity index (χ3v) is 12.3. The number of carbonyl (C=O) groups excluding carboxylic acids is 1. The number of amides is 2. The summed E-state index contributed by atoms with van der Waals surface area (Å²) < 4.78 is 15.2. The molecule has 1 aromatic heterocycles. The molecule has 2 amide bonds. The fourth-order valence-corrected chi connectivity index (χ4v) is 10.1. The van der Waals surface area contributed by atoms with Crippen molar-refractivity contribution in [3.05, 3.63) is 107 Å². The highest BCUT2D eigenvalue weighted by Crippen LogP contribution is 2.55. The van der Waals surface area contributed by atoms with Crippen LogP contribution in [0.25, 0.3) is 11.1 Å². The van der Waals surface area contributed by atoms with Gasteiger partial charge in [0.25, 0.3) is 0 Å². The summed E-state index contributed by atoms with van der Waals surface area (Å²) in [5, 5.41) is 17.1. The zero-order valence-electron chi connectivity index (χ0n) is 28.1. The standard InChI is InChI=1S/C40H46N4O4S/c1-44-15-14-41-39(44)49-25-34-19-36(31-8-6-26(24-45)7-9-31)48-37(47-34)32-12-10-30(11-13-32)35-5-3-2-4-33(35)23-42-38(46)43-40-20-27-16-28(21-40)18-29(17-27)22-40/h2-15,27-29,34,36-37,45H,16-25H2,1H3,(H2,42,43,46). The Balaban J connectivity index is 0.949. The number of urea groups is 1. The van der Waals surface area contributed by atoms with Gasteiger partial charge in [-0.15, -0.1) is 0 Å². The van der Waals surface area contributed by atoms with Crippen molar-refractivity contribution >= 4 is 17.8 Å². The first-order valence-corrected chi connectivity index (χ1v) is 18.8. The first-order chi connectivity index (χ1) is 23.9.